The minimum Gasteiger partial charge on any atom is -0.468 e. The van der Waals surface area contributed by atoms with Crippen LogP contribution in [0.25, 0.3) is 0 Å². The van der Waals surface area contributed by atoms with Crippen molar-refractivity contribution in [3.05, 3.63) is 54.0 Å². The lowest BCUT2D eigenvalue weighted by Gasteiger charge is -2.26. The molecule has 0 aliphatic carbocycles. The van der Waals surface area contributed by atoms with E-state index < -0.39 is 0 Å². The van der Waals surface area contributed by atoms with E-state index >= 15 is 0 Å². The molecule has 1 saturated heterocycles. The smallest absolute Gasteiger partial charge is 0.251 e. The Kier molecular flexibility index (Phi) is 5.20. The molecule has 1 aliphatic rings. The van der Waals surface area contributed by atoms with Crippen LogP contribution in [-0.2, 0) is 0 Å². The number of furan rings is 1. The lowest BCUT2D eigenvalue weighted by molar-refractivity contribution is 0.0934. The zero-order chi connectivity index (χ0) is 16.9. The summed E-state index contributed by atoms with van der Waals surface area (Å²) in [4.78, 5) is 16.8. The minimum absolute atomic E-state index is 0.0453. The molecule has 1 N–H and O–H groups in total. The van der Waals surface area contributed by atoms with Crippen LogP contribution >= 0.6 is 0 Å². The maximum atomic E-state index is 12.4. The molecule has 5 heteroatoms. The van der Waals surface area contributed by atoms with Crippen LogP contribution in [0.5, 0.6) is 0 Å². The standard InChI is InChI=1S/C19H25N3O2/c1-21(2)16-9-7-15(8-10-16)19(23)20-14-17(18-6-5-13-24-18)22-11-3-4-12-22/h5-10,13,17H,3-4,11-12,14H2,1-2H3,(H,20,23). The maximum absolute atomic E-state index is 12.4. The van der Waals surface area contributed by atoms with Crippen LogP contribution in [0, 0.1) is 0 Å². The van der Waals surface area contributed by atoms with Crippen molar-refractivity contribution in [3.8, 4) is 0 Å². The Morgan fingerprint density at radius 1 is 1.21 bits per heavy atom. The average molecular weight is 327 g/mol. The second-order valence-electron chi connectivity index (χ2n) is 6.43. The van der Waals surface area contributed by atoms with E-state index in [1.807, 2.05) is 55.4 Å². The highest BCUT2D eigenvalue weighted by molar-refractivity contribution is 5.94. The van der Waals surface area contributed by atoms with Crippen LogP contribution < -0.4 is 10.2 Å². The number of hydrogen-bond acceptors (Lipinski definition) is 4. The molecule has 24 heavy (non-hydrogen) atoms. The van der Waals surface area contributed by atoms with Crippen molar-refractivity contribution in [2.45, 2.75) is 18.9 Å². The van der Waals surface area contributed by atoms with E-state index in [0.29, 0.717) is 12.1 Å². The molecule has 2 heterocycles. The second-order valence-corrected chi connectivity index (χ2v) is 6.43. The Hall–Kier alpha value is -2.27. The van der Waals surface area contributed by atoms with Gasteiger partial charge in [0.05, 0.1) is 12.3 Å². The predicted molar refractivity (Wildman–Crippen MR) is 95.4 cm³/mol. The number of carbonyl (C=O) groups excluding carboxylic acids is 1. The molecule has 5 nitrogen and oxygen atoms in total. The Morgan fingerprint density at radius 2 is 1.92 bits per heavy atom. The molecule has 1 amide bonds. The monoisotopic (exact) mass is 327 g/mol. The molecule has 1 atom stereocenters. The fourth-order valence-corrected chi connectivity index (χ4v) is 3.15. The molecule has 128 valence electrons. The number of carbonyl (C=O) groups is 1. The average Bonchev–Trinajstić information content (AvgIpc) is 3.29. The SMILES string of the molecule is CN(C)c1ccc(C(=O)NCC(c2ccco2)N2CCCC2)cc1. The summed E-state index contributed by atoms with van der Waals surface area (Å²) in [5.74, 6) is 0.871. The number of amides is 1. The van der Waals surface area contributed by atoms with Gasteiger partial charge in [-0.05, 0) is 62.3 Å². The number of rotatable bonds is 6. The van der Waals surface area contributed by atoms with E-state index in [9.17, 15) is 4.79 Å². The van der Waals surface area contributed by atoms with Crippen molar-refractivity contribution in [2.75, 3.05) is 38.6 Å². The van der Waals surface area contributed by atoms with E-state index in [1.165, 1.54) is 12.8 Å². The Balaban J connectivity index is 1.64. The quantitative estimate of drug-likeness (QED) is 0.886. The van der Waals surface area contributed by atoms with E-state index in [0.717, 1.165) is 24.5 Å². The van der Waals surface area contributed by atoms with Gasteiger partial charge in [-0.3, -0.25) is 9.69 Å². The number of anilines is 1. The lowest BCUT2D eigenvalue weighted by atomic mass is 10.1. The summed E-state index contributed by atoms with van der Waals surface area (Å²) in [6.45, 7) is 2.67. The van der Waals surface area contributed by atoms with Gasteiger partial charge in [-0.15, -0.1) is 0 Å². The molecular weight excluding hydrogens is 302 g/mol. The van der Waals surface area contributed by atoms with Gasteiger partial charge >= 0.3 is 0 Å². The summed E-state index contributed by atoms with van der Waals surface area (Å²) in [6.07, 6.45) is 4.11. The third-order valence-corrected chi connectivity index (χ3v) is 4.55. The first-order valence-corrected chi connectivity index (χ1v) is 8.48. The van der Waals surface area contributed by atoms with Gasteiger partial charge in [-0.2, -0.15) is 0 Å². The summed E-state index contributed by atoms with van der Waals surface area (Å²) >= 11 is 0. The van der Waals surface area contributed by atoms with Crippen LogP contribution in [0.4, 0.5) is 5.69 Å². The predicted octanol–water partition coefficient (Wildman–Crippen LogP) is 2.91. The Morgan fingerprint density at radius 3 is 2.50 bits per heavy atom. The molecule has 1 aromatic carbocycles. The number of likely N-dealkylation sites (tertiary alicyclic amines) is 1. The largest absolute Gasteiger partial charge is 0.468 e. The van der Waals surface area contributed by atoms with Gasteiger partial charge < -0.3 is 14.6 Å². The first kappa shape index (κ1) is 16.6. The van der Waals surface area contributed by atoms with Crippen LogP contribution in [-0.4, -0.2) is 44.5 Å². The number of nitrogens with one attached hydrogen (secondary N) is 1. The van der Waals surface area contributed by atoms with Gasteiger partial charge in [-0.25, -0.2) is 0 Å². The highest BCUT2D eigenvalue weighted by Crippen LogP contribution is 2.25. The van der Waals surface area contributed by atoms with Gasteiger partial charge in [0, 0.05) is 31.9 Å². The topological polar surface area (TPSA) is 48.7 Å². The van der Waals surface area contributed by atoms with Crippen molar-refractivity contribution in [1.29, 1.82) is 0 Å². The molecule has 1 aromatic heterocycles. The minimum atomic E-state index is -0.0453. The molecular formula is C19H25N3O2. The molecule has 0 spiro atoms. The summed E-state index contributed by atoms with van der Waals surface area (Å²) < 4.78 is 5.59. The second kappa shape index (κ2) is 7.53. The fourth-order valence-electron chi connectivity index (χ4n) is 3.15. The molecule has 3 rings (SSSR count). The van der Waals surface area contributed by atoms with Gasteiger partial charge in [0.2, 0.25) is 0 Å². The third-order valence-electron chi connectivity index (χ3n) is 4.55. The molecule has 2 aromatic rings. The van der Waals surface area contributed by atoms with E-state index in [4.69, 9.17) is 4.42 Å². The van der Waals surface area contributed by atoms with Crippen molar-refractivity contribution >= 4 is 11.6 Å². The Bertz CT molecular complexity index is 644. The van der Waals surface area contributed by atoms with Gasteiger partial charge in [0.1, 0.15) is 5.76 Å². The zero-order valence-electron chi connectivity index (χ0n) is 14.4. The van der Waals surface area contributed by atoms with Crippen LogP contribution in [0.15, 0.2) is 47.1 Å². The summed E-state index contributed by atoms with van der Waals surface area (Å²) in [6, 6.07) is 11.6. The van der Waals surface area contributed by atoms with Crippen molar-refractivity contribution in [2.24, 2.45) is 0 Å². The molecule has 1 fully saturated rings. The van der Waals surface area contributed by atoms with Gasteiger partial charge in [0.25, 0.3) is 5.91 Å². The fraction of sp³-hybridized carbons (Fsp3) is 0.421. The van der Waals surface area contributed by atoms with Crippen LogP contribution in [0.2, 0.25) is 0 Å². The van der Waals surface area contributed by atoms with Crippen molar-refractivity contribution in [1.82, 2.24) is 10.2 Å². The molecule has 0 saturated carbocycles. The first-order chi connectivity index (χ1) is 11.6. The first-order valence-electron chi connectivity index (χ1n) is 8.48. The van der Waals surface area contributed by atoms with Crippen LogP contribution in [0.3, 0.4) is 0 Å². The summed E-state index contributed by atoms with van der Waals surface area (Å²) in [5.41, 5.74) is 1.76. The van der Waals surface area contributed by atoms with E-state index in [2.05, 4.69) is 10.2 Å². The highest BCUT2D eigenvalue weighted by Gasteiger charge is 2.26. The highest BCUT2D eigenvalue weighted by atomic mass is 16.3. The maximum Gasteiger partial charge on any atom is 0.251 e. The van der Waals surface area contributed by atoms with Gasteiger partial charge in [-0.1, -0.05) is 0 Å². The lowest BCUT2D eigenvalue weighted by Crippen LogP contribution is -2.36. The van der Waals surface area contributed by atoms with E-state index in [-0.39, 0.29) is 11.9 Å². The summed E-state index contributed by atoms with van der Waals surface area (Å²) in [5, 5.41) is 3.06. The number of hydrogen-bond donors (Lipinski definition) is 1. The molecule has 1 unspecified atom stereocenters. The number of nitrogens with zero attached hydrogens (tertiary/aromatic N) is 2. The third kappa shape index (κ3) is 3.79. The van der Waals surface area contributed by atoms with Crippen molar-refractivity contribution < 1.29 is 9.21 Å². The number of benzene rings is 1. The summed E-state index contributed by atoms with van der Waals surface area (Å²) in [7, 11) is 3.97. The normalized spacial score (nSPS) is 16.1. The van der Waals surface area contributed by atoms with E-state index in [1.54, 1.807) is 6.26 Å². The van der Waals surface area contributed by atoms with Gasteiger partial charge in [0.15, 0.2) is 0 Å². The van der Waals surface area contributed by atoms with Crippen molar-refractivity contribution in [3.63, 3.8) is 0 Å². The molecule has 1 aliphatic heterocycles. The van der Waals surface area contributed by atoms with Crippen LogP contribution in [0.1, 0.15) is 35.0 Å². The molecule has 0 bridgehead atoms. The zero-order valence-corrected chi connectivity index (χ0v) is 14.4. The molecule has 0 radical (unpaired) electrons. The Labute approximate surface area is 143 Å².